The van der Waals surface area contributed by atoms with Crippen LogP contribution >= 0.6 is 23.4 Å². The second-order valence-electron chi connectivity index (χ2n) is 6.59. The Morgan fingerprint density at radius 2 is 1.96 bits per heavy atom. The first-order chi connectivity index (χ1) is 13.6. The Balaban J connectivity index is 1.65. The number of amides is 1. The van der Waals surface area contributed by atoms with Crippen molar-refractivity contribution < 1.29 is 14.3 Å². The van der Waals surface area contributed by atoms with Gasteiger partial charge in [-0.05, 0) is 48.9 Å². The first-order valence-corrected chi connectivity index (χ1v) is 10.2. The first kappa shape index (κ1) is 17.5. The van der Waals surface area contributed by atoms with Crippen LogP contribution in [0.15, 0.2) is 42.5 Å². The molecule has 0 saturated heterocycles. The summed E-state index contributed by atoms with van der Waals surface area (Å²) in [6.07, 6.45) is 0. The number of carbonyl (C=O) groups excluding carboxylic acids is 1. The molecule has 0 spiro atoms. The van der Waals surface area contributed by atoms with E-state index in [0.29, 0.717) is 16.6 Å². The van der Waals surface area contributed by atoms with Crippen molar-refractivity contribution in [1.82, 2.24) is 9.78 Å². The van der Waals surface area contributed by atoms with E-state index in [0.717, 1.165) is 34.0 Å². The number of fused-ring (bicyclic) bond motifs is 2. The summed E-state index contributed by atoms with van der Waals surface area (Å²) in [4.78, 5) is 12.4. The third-order valence-electron chi connectivity index (χ3n) is 4.78. The molecule has 1 N–H and O–H groups in total. The lowest BCUT2D eigenvalue weighted by atomic mass is 10.0. The van der Waals surface area contributed by atoms with Crippen LogP contribution in [0.4, 0.5) is 5.82 Å². The minimum absolute atomic E-state index is 0.0513. The normalized spacial score (nSPS) is 17.8. The number of anilines is 1. The van der Waals surface area contributed by atoms with Crippen molar-refractivity contribution in [3.63, 3.8) is 0 Å². The van der Waals surface area contributed by atoms with Gasteiger partial charge in [0.2, 0.25) is 12.7 Å². The number of rotatable bonds is 2. The van der Waals surface area contributed by atoms with Gasteiger partial charge in [0, 0.05) is 10.6 Å². The second kappa shape index (κ2) is 6.76. The lowest BCUT2D eigenvalue weighted by Crippen LogP contribution is -2.15. The molecule has 1 aromatic heterocycles. The summed E-state index contributed by atoms with van der Waals surface area (Å²) < 4.78 is 12.7. The monoisotopic (exact) mass is 413 g/mol. The largest absolute Gasteiger partial charge is 0.454 e. The van der Waals surface area contributed by atoms with Gasteiger partial charge in [0.1, 0.15) is 5.82 Å². The second-order valence-corrected chi connectivity index (χ2v) is 8.12. The van der Waals surface area contributed by atoms with E-state index < -0.39 is 0 Å². The highest BCUT2D eigenvalue weighted by Crippen LogP contribution is 2.46. The molecule has 0 bridgehead atoms. The molecule has 142 valence electrons. The zero-order valence-electron chi connectivity index (χ0n) is 14.9. The van der Waals surface area contributed by atoms with Gasteiger partial charge >= 0.3 is 0 Å². The van der Waals surface area contributed by atoms with E-state index in [1.165, 1.54) is 0 Å². The molecule has 1 atom stereocenters. The van der Waals surface area contributed by atoms with E-state index in [-0.39, 0.29) is 18.0 Å². The highest BCUT2D eigenvalue weighted by Gasteiger charge is 2.31. The number of hydrogen-bond donors (Lipinski definition) is 1. The maximum atomic E-state index is 12.4. The average molecular weight is 414 g/mol. The molecule has 0 radical (unpaired) electrons. The van der Waals surface area contributed by atoms with Gasteiger partial charge in [-0.25, -0.2) is 4.68 Å². The number of nitrogens with one attached hydrogen (secondary N) is 1. The molecule has 2 aliphatic heterocycles. The summed E-state index contributed by atoms with van der Waals surface area (Å²) in [5.41, 5.74) is 3.74. The van der Waals surface area contributed by atoms with Crippen molar-refractivity contribution >= 4 is 35.1 Å². The van der Waals surface area contributed by atoms with E-state index in [2.05, 4.69) is 5.32 Å². The molecule has 0 unspecified atom stereocenters. The fraction of sp³-hybridized carbons (Fsp3) is 0.200. The van der Waals surface area contributed by atoms with Crippen LogP contribution in [0.1, 0.15) is 22.1 Å². The molecule has 8 heteroatoms. The van der Waals surface area contributed by atoms with Crippen LogP contribution < -0.4 is 14.8 Å². The SMILES string of the molecule is Cc1nn(-c2ccc(Cl)cc2)c2c1[C@H](c1ccc3c(c1)OCO3)SCC(=O)N2. The molecular formula is C20H16ClN3O3S. The number of halogens is 1. The number of nitrogens with zero attached hydrogens (tertiary/aromatic N) is 2. The Kier molecular flexibility index (Phi) is 4.21. The smallest absolute Gasteiger partial charge is 0.235 e. The van der Waals surface area contributed by atoms with Gasteiger partial charge in [0.15, 0.2) is 11.5 Å². The average Bonchev–Trinajstić information content (AvgIpc) is 3.23. The van der Waals surface area contributed by atoms with Gasteiger partial charge in [-0.2, -0.15) is 5.10 Å². The number of hydrogen-bond acceptors (Lipinski definition) is 5. The van der Waals surface area contributed by atoms with Crippen LogP contribution in [0, 0.1) is 6.92 Å². The fourth-order valence-corrected chi connectivity index (χ4v) is 4.80. The highest BCUT2D eigenvalue weighted by atomic mass is 35.5. The van der Waals surface area contributed by atoms with E-state index in [4.69, 9.17) is 26.2 Å². The van der Waals surface area contributed by atoms with Crippen LogP contribution in [0.25, 0.3) is 5.69 Å². The number of benzene rings is 2. The summed E-state index contributed by atoms with van der Waals surface area (Å²) in [6.45, 7) is 2.19. The van der Waals surface area contributed by atoms with Gasteiger partial charge in [0.25, 0.3) is 0 Å². The Labute approximate surface area is 170 Å². The minimum Gasteiger partial charge on any atom is -0.454 e. The van der Waals surface area contributed by atoms with E-state index in [9.17, 15) is 4.79 Å². The predicted molar refractivity (Wildman–Crippen MR) is 109 cm³/mol. The van der Waals surface area contributed by atoms with Crippen LogP contribution in [0.5, 0.6) is 11.5 Å². The Bertz CT molecular complexity index is 1080. The van der Waals surface area contributed by atoms with Crippen molar-refractivity contribution in [2.24, 2.45) is 0 Å². The molecule has 2 aromatic carbocycles. The molecule has 3 heterocycles. The summed E-state index contributed by atoms with van der Waals surface area (Å²) in [6, 6.07) is 13.3. The number of aromatic nitrogens is 2. The molecule has 1 amide bonds. The minimum atomic E-state index is -0.0514. The van der Waals surface area contributed by atoms with Gasteiger partial charge in [0.05, 0.1) is 22.4 Å². The topological polar surface area (TPSA) is 65.4 Å². The number of thioether (sulfide) groups is 1. The van der Waals surface area contributed by atoms with E-state index >= 15 is 0 Å². The molecule has 2 aliphatic rings. The number of aryl methyl sites for hydroxylation is 1. The quantitative estimate of drug-likeness (QED) is 0.677. The van der Waals surface area contributed by atoms with Gasteiger partial charge < -0.3 is 14.8 Å². The molecule has 0 saturated carbocycles. The molecule has 6 nitrogen and oxygen atoms in total. The Hall–Kier alpha value is -2.64. The first-order valence-electron chi connectivity index (χ1n) is 8.76. The zero-order valence-corrected chi connectivity index (χ0v) is 16.5. The van der Waals surface area contributed by atoms with E-state index in [1.807, 2.05) is 49.4 Å². The maximum Gasteiger partial charge on any atom is 0.235 e. The summed E-state index contributed by atoms with van der Waals surface area (Å²) in [5, 5.41) is 8.33. The van der Waals surface area contributed by atoms with Crippen LogP contribution in [-0.2, 0) is 4.79 Å². The zero-order chi connectivity index (χ0) is 19.3. The molecule has 0 fully saturated rings. The highest BCUT2D eigenvalue weighted by molar-refractivity contribution is 8.00. The maximum absolute atomic E-state index is 12.4. The van der Waals surface area contributed by atoms with Crippen molar-refractivity contribution in [3.8, 4) is 17.2 Å². The molecule has 5 rings (SSSR count). The molecule has 3 aromatic rings. The standard InChI is InChI=1S/C20H16ClN3O3S/c1-11-18-19(12-2-7-15-16(8-12)27-10-26-15)28-9-17(25)22-20(18)24(23-11)14-5-3-13(21)4-6-14/h2-8,19H,9-10H2,1H3,(H,22,25)/t19-/m0/s1. The summed E-state index contributed by atoms with van der Waals surface area (Å²) in [5.74, 6) is 2.46. The fourth-order valence-electron chi connectivity index (χ4n) is 3.49. The van der Waals surface area contributed by atoms with Crippen LogP contribution in [0.2, 0.25) is 5.02 Å². The molecule has 28 heavy (non-hydrogen) atoms. The predicted octanol–water partition coefficient (Wildman–Crippen LogP) is 4.34. The van der Waals surface area contributed by atoms with Crippen molar-refractivity contribution in [3.05, 3.63) is 64.3 Å². The summed E-state index contributed by atoms with van der Waals surface area (Å²) in [7, 11) is 0. The Morgan fingerprint density at radius 3 is 2.79 bits per heavy atom. The molecule has 0 aliphatic carbocycles. The number of ether oxygens (including phenoxy) is 2. The Morgan fingerprint density at radius 1 is 1.18 bits per heavy atom. The molecular weight excluding hydrogens is 398 g/mol. The van der Waals surface area contributed by atoms with Crippen molar-refractivity contribution in [2.45, 2.75) is 12.2 Å². The lowest BCUT2D eigenvalue weighted by molar-refractivity contribution is -0.113. The van der Waals surface area contributed by atoms with Crippen LogP contribution in [0.3, 0.4) is 0 Å². The van der Waals surface area contributed by atoms with Crippen LogP contribution in [-0.4, -0.2) is 28.2 Å². The van der Waals surface area contributed by atoms with Crippen molar-refractivity contribution in [1.29, 1.82) is 0 Å². The summed E-state index contributed by atoms with van der Waals surface area (Å²) >= 11 is 7.60. The third-order valence-corrected chi connectivity index (χ3v) is 6.30. The van der Waals surface area contributed by atoms with E-state index in [1.54, 1.807) is 16.4 Å². The number of carbonyl (C=O) groups is 1. The lowest BCUT2D eigenvalue weighted by Gasteiger charge is -2.16. The van der Waals surface area contributed by atoms with Gasteiger partial charge in [-0.3, -0.25) is 4.79 Å². The third kappa shape index (κ3) is 2.91. The van der Waals surface area contributed by atoms with Gasteiger partial charge in [-0.15, -0.1) is 11.8 Å². The van der Waals surface area contributed by atoms with Gasteiger partial charge in [-0.1, -0.05) is 17.7 Å². The van der Waals surface area contributed by atoms with Crippen molar-refractivity contribution in [2.75, 3.05) is 17.9 Å².